The van der Waals surface area contributed by atoms with Crippen LogP contribution >= 0.6 is 34.3 Å². The van der Waals surface area contributed by atoms with Crippen molar-refractivity contribution >= 4 is 56.0 Å². The third kappa shape index (κ3) is 2.64. The van der Waals surface area contributed by atoms with Crippen LogP contribution in [0.25, 0.3) is 10.1 Å². The van der Waals surface area contributed by atoms with Crippen LogP contribution in [0.2, 0.25) is 5.02 Å². The maximum absolute atomic E-state index is 12.6. The van der Waals surface area contributed by atoms with E-state index in [1.807, 2.05) is 29.0 Å². The van der Waals surface area contributed by atoms with E-state index in [4.69, 9.17) is 17.3 Å². The Labute approximate surface area is 135 Å². The van der Waals surface area contributed by atoms with Crippen molar-refractivity contribution < 1.29 is 4.79 Å². The molecule has 0 bridgehead atoms. The SMILES string of the molecule is CN(Cc1ccsc1)C(=O)c1sc2cccc(Cl)c2c1N. The highest BCUT2D eigenvalue weighted by molar-refractivity contribution is 7.21. The number of thiophene rings is 2. The largest absolute Gasteiger partial charge is 0.397 e. The molecule has 0 aliphatic carbocycles. The molecule has 0 unspecified atom stereocenters. The number of hydrogen-bond donors (Lipinski definition) is 1. The van der Waals surface area contributed by atoms with E-state index in [0.717, 1.165) is 15.6 Å². The summed E-state index contributed by atoms with van der Waals surface area (Å²) in [6.07, 6.45) is 0. The summed E-state index contributed by atoms with van der Waals surface area (Å²) in [6.45, 7) is 0.573. The molecule has 108 valence electrons. The normalized spacial score (nSPS) is 11.0. The summed E-state index contributed by atoms with van der Waals surface area (Å²) < 4.78 is 0.937. The van der Waals surface area contributed by atoms with Gasteiger partial charge in [0.2, 0.25) is 0 Å². The molecule has 0 fully saturated rings. The highest BCUT2D eigenvalue weighted by atomic mass is 35.5. The van der Waals surface area contributed by atoms with Gasteiger partial charge in [-0.25, -0.2) is 0 Å². The molecule has 2 N–H and O–H groups in total. The quantitative estimate of drug-likeness (QED) is 0.767. The van der Waals surface area contributed by atoms with E-state index in [9.17, 15) is 4.79 Å². The Bertz CT molecular complexity index is 795. The molecule has 0 spiro atoms. The molecular weight excluding hydrogens is 324 g/mol. The van der Waals surface area contributed by atoms with Gasteiger partial charge in [-0.1, -0.05) is 17.7 Å². The number of nitrogens with two attached hydrogens (primary N) is 1. The summed E-state index contributed by atoms with van der Waals surface area (Å²) in [4.78, 5) is 14.8. The second-order valence-corrected chi connectivity index (χ2v) is 6.99. The van der Waals surface area contributed by atoms with E-state index in [-0.39, 0.29) is 5.91 Å². The molecule has 6 heteroatoms. The number of fused-ring (bicyclic) bond motifs is 1. The van der Waals surface area contributed by atoms with Gasteiger partial charge in [0.05, 0.1) is 10.7 Å². The number of nitrogens with zero attached hydrogens (tertiary/aromatic N) is 1. The Morgan fingerprint density at radius 2 is 2.19 bits per heavy atom. The predicted molar refractivity (Wildman–Crippen MR) is 91.4 cm³/mol. The molecule has 3 rings (SSSR count). The Morgan fingerprint density at radius 3 is 2.86 bits per heavy atom. The fourth-order valence-electron chi connectivity index (χ4n) is 2.19. The lowest BCUT2D eigenvalue weighted by molar-refractivity contribution is 0.0791. The standard InChI is InChI=1S/C15H13ClN2OS2/c1-18(7-9-5-6-20-8-9)15(19)14-13(17)12-10(16)3-2-4-11(12)21-14/h2-6,8H,7,17H2,1H3. The molecule has 3 aromatic rings. The van der Waals surface area contributed by atoms with Gasteiger partial charge in [0, 0.05) is 23.7 Å². The van der Waals surface area contributed by atoms with Gasteiger partial charge in [-0.3, -0.25) is 4.79 Å². The summed E-state index contributed by atoms with van der Waals surface area (Å²) in [5.74, 6) is -0.0732. The summed E-state index contributed by atoms with van der Waals surface area (Å²) in [5.41, 5.74) is 7.73. The highest BCUT2D eigenvalue weighted by Crippen LogP contribution is 2.38. The summed E-state index contributed by atoms with van der Waals surface area (Å²) in [6, 6.07) is 7.59. The van der Waals surface area contributed by atoms with Crippen LogP contribution in [-0.4, -0.2) is 17.9 Å². The van der Waals surface area contributed by atoms with Gasteiger partial charge >= 0.3 is 0 Å². The third-order valence-electron chi connectivity index (χ3n) is 3.24. The van der Waals surface area contributed by atoms with Crippen LogP contribution < -0.4 is 5.73 Å². The molecule has 0 atom stereocenters. The average molecular weight is 337 g/mol. The molecule has 0 aliphatic rings. The molecule has 1 amide bonds. The van der Waals surface area contributed by atoms with Gasteiger partial charge in [-0.05, 0) is 34.5 Å². The van der Waals surface area contributed by atoms with Gasteiger partial charge in [0.1, 0.15) is 4.88 Å². The summed E-state index contributed by atoms with van der Waals surface area (Å²) in [5, 5.41) is 5.40. The monoisotopic (exact) mass is 336 g/mol. The highest BCUT2D eigenvalue weighted by Gasteiger charge is 2.21. The minimum atomic E-state index is -0.0732. The van der Waals surface area contributed by atoms with E-state index in [0.29, 0.717) is 22.1 Å². The van der Waals surface area contributed by atoms with Crippen molar-refractivity contribution in [1.29, 1.82) is 0 Å². The van der Waals surface area contributed by atoms with Gasteiger partial charge in [-0.2, -0.15) is 11.3 Å². The van der Waals surface area contributed by atoms with Gasteiger partial charge < -0.3 is 10.6 Å². The lowest BCUT2D eigenvalue weighted by Gasteiger charge is -2.15. The molecular formula is C15H13ClN2OS2. The Balaban J connectivity index is 1.94. The van der Waals surface area contributed by atoms with Crippen LogP contribution in [0.4, 0.5) is 5.69 Å². The molecule has 21 heavy (non-hydrogen) atoms. The molecule has 0 saturated heterocycles. The lowest BCUT2D eigenvalue weighted by atomic mass is 10.2. The van der Waals surface area contributed by atoms with Crippen molar-refractivity contribution in [1.82, 2.24) is 4.90 Å². The van der Waals surface area contributed by atoms with Crippen molar-refractivity contribution in [3.8, 4) is 0 Å². The van der Waals surface area contributed by atoms with Gasteiger partial charge in [0.25, 0.3) is 5.91 Å². The Morgan fingerprint density at radius 1 is 1.38 bits per heavy atom. The van der Waals surface area contributed by atoms with Gasteiger partial charge in [0.15, 0.2) is 0 Å². The number of carbonyl (C=O) groups excluding carboxylic acids is 1. The first kappa shape index (κ1) is 14.4. The topological polar surface area (TPSA) is 46.3 Å². The van der Waals surface area contributed by atoms with Crippen LogP contribution in [0.5, 0.6) is 0 Å². The first-order valence-corrected chi connectivity index (χ1v) is 8.44. The smallest absolute Gasteiger partial charge is 0.266 e. The number of carbonyl (C=O) groups is 1. The molecule has 3 nitrogen and oxygen atoms in total. The van der Waals surface area contributed by atoms with Crippen molar-refractivity contribution in [2.24, 2.45) is 0 Å². The van der Waals surface area contributed by atoms with Gasteiger partial charge in [-0.15, -0.1) is 11.3 Å². The fraction of sp³-hybridized carbons (Fsp3) is 0.133. The van der Waals surface area contributed by atoms with E-state index in [2.05, 4.69) is 0 Å². The zero-order valence-electron chi connectivity index (χ0n) is 11.3. The number of nitrogen functional groups attached to an aromatic ring is 1. The van der Waals surface area contributed by atoms with E-state index in [1.165, 1.54) is 11.3 Å². The summed E-state index contributed by atoms with van der Waals surface area (Å²) >= 11 is 9.19. The van der Waals surface area contributed by atoms with E-state index >= 15 is 0 Å². The number of rotatable bonds is 3. The first-order chi connectivity index (χ1) is 10.1. The Hall–Kier alpha value is -1.56. The number of halogens is 1. The predicted octanol–water partition coefficient (Wildman–Crippen LogP) is 4.47. The lowest BCUT2D eigenvalue weighted by Crippen LogP contribution is -2.25. The van der Waals surface area contributed by atoms with Crippen LogP contribution in [-0.2, 0) is 6.54 Å². The number of hydrogen-bond acceptors (Lipinski definition) is 4. The van der Waals surface area contributed by atoms with Crippen LogP contribution in [0, 0.1) is 0 Å². The fourth-order valence-corrected chi connectivity index (χ4v) is 4.33. The number of amides is 1. The first-order valence-electron chi connectivity index (χ1n) is 6.31. The van der Waals surface area contributed by atoms with Crippen molar-refractivity contribution in [3.05, 3.63) is 50.5 Å². The second kappa shape index (κ2) is 5.67. The third-order valence-corrected chi connectivity index (χ3v) is 5.45. The number of anilines is 1. The van der Waals surface area contributed by atoms with Crippen LogP contribution in [0.1, 0.15) is 15.2 Å². The second-order valence-electron chi connectivity index (χ2n) is 4.75. The molecule has 2 heterocycles. The van der Waals surface area contributed by atoms with Crippen molar-refractivity contribution in [3.63, 3.8) is 0 Å². The van der Waals surface area contributed by atoms with Crippen LogP contribution in [0.15, 0.2) is 35.0 Å². The van der Waals surface area contributed by atoms with E-state index in [1.54, 1.807) is 29.4 Å². The maximum atomic E-state index is 12.6. The minimum Gasteiger partial charge on any atom is -0.397 e. The maximum Gasteiger partial charge on any atom is 0.266 e. The zero-order valence-corrected chi connectivity index (χ0v) is 13.7. The molecule has 2 aromatic heterocycles. The molecule has 0 aliphatic heterocycles. The summed E-state index contributed by atoms with van der Waals surface area (Å²) in [7, 11) is 1.78. The molecule has 0 radical (unpaired) electrons. The number of benzene rings is 1. The zero-order chi connectivity index (χ0) is 15.0. The minimum absolute atomic E-state index is 0.0732. The van der Waals surface area contributed by atoms with Crippen molar-refractivity contribution in [2.75, 3.05) is 12.8 Å². The molecule has 0 saturated carbocycles. The van der Waals surface area contributed by atoms with Crippen molar-refractivity contribution in [2.45, 2.75) is 6.54 Å². The average Bonchev–Trinajstić information content (AvgIpc) is 3.07. The molecule has 1 aromatic carbocycles. The van der Waals surface area contributed by atoms with E-state index < -0.39 is 0 Å². The van der Waals surface area contributed by atoms with Crippen LogP contribution in [0.3, 0.4) is 0 Å². The Kier molecular flexibility index (Phi) is 3.89.